The maximum absolute atomic E-state index is 6.21. The average Bonchev–Trinajstić information content (AvgIpc) is 2.86. The van der Waals surface area contributed by atoms with E-state index in [1.807, 2.05) is 36.4 Å². The Kier molecular flexibility index (Phi) is 7.61. The van der Waals surface area contributed by atoms with Crippen LogP contribution in [0.15, 0.2) is 163 Å². The SMILES string of the molecule is c1ccc(Sc2cccc(Oc3cccc(Sc4cccc(Sc5ccccc5)c4)c3)c2)cc1. The molecule has 4 heteroatoms. The fraction of sp³-hybridized carbons (Fsp3) is 0. The summed E-state index contributed by atoms with van der Waals surface area (Å²) in [5.41, 5.74) is 0. The van der Waals surface area contributed by atoms with E-state index in [0.29, 0.717) is 0 Å². The molecule has 0 heterocycles. The number of hydrogen-bond acceptors (Lipinski definition) is 4. The second kappa shape index (κ2) is 11.4. The van der Waals surface area contributed by atoms with Gasteiger partial charge >= 0.3 is 0 Å². The molecule has 0 unspecified atom stereocenters. The predicted molar refractivity (Wildman–Crippen MR) is 145 cm³/mol. The lowest BCUT2D eigenvalue weighted by Gasteiger charge is -2.10. The lowest BCUT2D eigenvalue weighted by atomic mass is 10.3. The summed E-state index contributed by atoms with van der Waals surface area (Å²) in [7, 11) is 0. The maximum Gasteiger partial charge on any atom is 0.128 e. The minimum absolute atomic E-state index is 0.835. The van der Waals surface area contributed by atoms with Crippen LogP contribution in [0.1, 0.15) is 0 Å². The normalized spacial score (nSPS) is 10.7. The van der Waals surface area contributed by atoms with E-state index in [1.165, 1.54) is 19.6 Å². The van der Waals surface area contributed by atoms with Crippen LogP contribution in [0.2, 0.25) is 0 Å². The molecule has 0 saturated carbocycles. The monoisotopic (exact) mass is 494 g/mol. The highest BCUT2D eigenvalue weighted by Gasteiger charge is 2.05. The first-order valence-electron chi connectivity index (χ1n) is 10.9. The molecular weight excluding hydrogens is 473 g/mol. The van der Waals surface area contributed by atoms with E-state index >= 15 is 0 Å². The number of rotatable bonds is 8. The molecule has 5 aromatic carbocycles. The summed E-state index contributed by atoms with van der Waals surface area (Å²) in [6, 6.07) is 46.0. The Morgan fingerprint density at radius 2 is 0.676 bits per heavy atom. The lowest BCUT2D eigenvalue weighted by molar-refractivity contribution is 0.480. The van der Waals surface area contributed by atoms with Crippen molar-refractivity contribution in [1.29, 1.82) is 0 Å². The van der Waals surface area contributed by atoms with Crippen molar-refractivity contribution >= 4 is 35.3 Å². The van der Waals surface area contributed by atoms with Crippen LogP contribution in [0.4, 0.5) is 0 Å². The van der Waals surface area contributed by atoms with Crippen LogP contribution in [0.3, 0.4) is 0 Å². The summed E-state index contributed by atoms with van der Waals surface area (Å²) in [6.45, 7) is 0. The predicted octanol–water partition coefficient (Wildman–Crippen LogP) is 9.93. The zero-order valence-corrected chi connectivity index (χ0v) is 20.8. The van der Waals surface area contributed by atoms with E-state index in [4.69, 9.17) is 4.74 Å². The van der Waals surface area contributed by atoms with Crippen LogP contribution in [-0.4, -0.2) is 0 Å². The molecule has 0 radical (unpaired) electrons. The van der Waals surface area contributed by atoms with Crippen molar-refractivity contribution in [2.75, 3.05) is 0 Å². The van der Waals surface area contributed by atoms with Gasteiger partial charge in [0.25, 0.3) is 0 Å². The standard InChI is InChI=1S/C30H22OS3/c1-3-12-25(13-4-1)32-27-16-7-10-23(20-27)31-24-11-8-17-28(21-24)34-30-19-9-18-29(22-30)33-26-14-5-2-6-15-26/h1-22H. The minimum atomic E-state index is 0.835. The Balaban J connectivity index is 1.26. The topological polar surface area (TPSA) is 9.23 Å². The van der Waals surface area contributed by atoms with Crippen LogP contribution in [0.25, 0.3) is 0 Å². The Morgan fingerprint density at radius 1 is 0.324 bits per heavy atom. The largest absolute Gasteiger partial charge is 0.457 e. The fourth-order valence-electron chi connectivity index (χ4n) is 3.32. The van der Waals surface area contributed by atoms with Gasteiger partial charge in [-0.25, -0.2) is 0 Å². The van der Waals surface area contributed by atoms with Crippen molar-refractivity contribution in [1.82, 2.24) is 0 Å². The first-order valence-corrected chi connectivity index (χ1v) is 13.4. The van der Waals surface area contributed by atoms with Crippen LogP contribution >= 0.6 is 35.3 Å². The molecule has 34 heavy (non-hydrogen) atoms. The molecule has 0 saturated heterocycles. The zero-order valence-electron chi connectivity index (χ0n) is 18.3. The van der Waals surface area contributed by atoms with Crippen molar-refractivity contribution in [2.24, 2.45) is 0 Å². The van der Waals surface area contributed by atoms with Gasteiger partial charge in [-0.3, -0.25) is 0 Å². The molecule has 1 nitrogen and oxygen atoms in total. The van der Waals surface area contributed by atoms with E-state index in [-0.39, 0.29) is 0 Å². The third-order valence-electron chi connectivity index (χ3n) is 4.85. The quantitative estimate of drug-likeness (QED) is 0.212. The molecular formula is C30H22OS3. The summed E-state index contributed by atoms with van der Waals surface area (Å²) >= 11 is 5.26. The summed E-state index contributed by atoms with van der Waals surface area (Å²) in [5.74, 6) is 1.67. The molecule has 0 spiro atoms. The molecule has 0 bridgehead atoms. The average molecular weight is 495 g/mol. The van der Waals surface area contributed by atoms with Gasteiger partial charge in [0, 0.05) is 29.4 Å². The van der Waals surface area contributed by atoms with E-state index in [2.05, 4.69) is 97.1 Å². The molecule has 0 aliphatic heterocycles. The molecule has 0 aromatic heterocycles. The van der Waals surface area contributed by atoms with E-state index in [9.17, 15) is 0 Å². The Labute approximate surface area is 213 Å². The van der Waals surface area contributed by atoms with Crippen molar-refractivity contribution in [3.8, 4) is 11.5 Å². The van der Waals surface area contributed by atoms with Gasteiger partial charge in [-0.05, 0) is 78.9 Å². The van der Waals surface area contributed by atoms with Gasteiger partial charge in [0.1, 0.15) is 11.5 Å². The smallest absolute Gasteiger partial charge is 0.128 e. The Hall–Kier alpha value is -3.05. The second-order valence-electron chi connectivity index (χ2n) is 7.46. The Morgan fingerprint density at radius 3 is 1.15 bits per heavy atom. The highest BCUT2D eigenvalue weighted by Crippen LogP contribution is 2.36. The molecule has 0 atom stereocenters. The van der Waals surface area contributed by atoms with Gasteiger partial charge in [-0.2, -0.15) is 0 Å². The van der Waals surface area contributed by atoms with Crippen LogP contribution in [-0.2, 0) is 0 Å². The van der Waals surface area contributed by atoms with E-state index in [0.717, 1.165) is 21.3 Å². The molecule has 0 aliphatic rings. The van der Waals surface area contributed by atoms with Crippen molar-refractivity contribution < 1.29 is 4.74 Å². The van der Waals surface area contributed by atoms with Crippen LogP contribution in [0.5, 0.6) is 11.5 Å². The third-order valence-corrected chi connectivity index (χ3v) is 7.82. The van der Waals surface area contributed by atoms with Gasteiger partial charge in [-0.15, -0.1) is 0 Å². The molecule has 0 amide bonds. The molecule has 5 aromatic rings. The lowest BCUT2D eigenvalue weighted by Crippen LogP contribution is -1.85. The van der Waals surface area contributed by atoms with E-state index in [1.54, 1.807) is 35.3 Å². The van der Waals surface area contributed by atoms with Crippen molar-refractivity contribution in [2.45, 2.75) is 29.4 Å². The second-order valence-corrected chi connectivity index (χ2v) is 10.9. The zero-order chi connectivity index (χ0) is 23.0. The highest BCUT2D eigenvalue weighted by molar-refractivity contribution is 8.00. The number of hydrogen-bond donors (Lipinski definition) is 0. The third kappa shape index (κ3) is 6.51. The molecule has 166 valence electrons. The van der Waals surface area contributed by atoms with Gasteiger partial charge in [0.05, 0.1) is 0 Å². The maximum atomic E-state index is 6.21. The first kappa shape index (κ1) is 22.7. The summed E-state index contributed by atoms with van der Waals surface area (Å²) in [5, 5.41) is 0. The first-order chi connectivity index (χ1) is 16.8. The van der Waals surface area contributed by atoms with Gasteiger partial charge < -0.3 is 4.74 Å². The molecule has 0 aliphatic carbocycles. The molecule has 0 N–H and O–H groups in total. The highest BCUT2D eigenvalue weighted by atomic mass is 32.2. The molecule has 5 rings (SSSR count). The number of benzene rings is 5. The summed E-state index contributed by atoms with van der Waals surface area (Å²) in [4.78, 5) is 7.20. The molecule has 0 fully saturated rings. The van der Waals surface area contributed by atoms with Gasteiger partial charge in [0.15, 0.2) is 0 Å². The summed E-state index contributed by atoms with van der Waals surface area (Å²) in [6.07, 6.45) is 0. The van der Waals surface area contributed by atoms with Gasteiger partial charge in [0.2, 0.25) is 0 Å². The van der Waals surface area contributed by atoms with Crippen LogP contribution < -0.4 is 4.74 Å². The van der Waals surface area contributed by atoms with Crippen LogP contribution in [0, 0.1) is 0 Å². The summed E-state index contributed by atoms with van der Waals surface area (Å²) < 4.78 is 6.21. The Bertz CT molecular complexity index is 1250. The fourth-order valence-corrected chi connectivity index (χ4v) is 6.11. The minimum Gasteiger partial charge on any atom is -0.457 e. The van der Waals surface area contributed by atoms with E-state index < -0.39 is 0 Å². The van der Waals surface area contributed by atoms with Crippen molar-refractivity contribution in [3.05, 3.63) is 133 Å². The number of ether oxygens (including phenoxy) is 1. The van der Waals surface area contributed by atoms with Crippen molar-refractivity contribution in [3.63, 3.8) is 0 Å². The van der Waals surface area contributed by atoms with Gasteiger partial charge in [-0.1, -0.05) is 89.9 Å².